The molecule has 202 valence electrons. The molecular weight excluding hydrogens is 524 g/mol. The highest BCUT2D eigenvalue weighted by Gasteiger charge is 2.27. The Kier molecular flexibility index (Phi) is 7.35. The number of amidine groups is 1. The molecule has 10 heteroatoms. The molecular formula is C30H28N6O3S. The summed E-state index contributed by atoms with van der Waals surface area (Å²) in [5, 5.41) is 7.64. The maximum atomic E-state index is 13.5. The first-order chi connectivity index (χ1) is 19.2. The van der Waals surface area contributed by atoms with Crippen LogP contribution in [0.25, 0.3) is 11.0 Å². The fraction of sp³-hybridized carbons (Fsp3) is 0.100. The van der Waals surface area contributed by atoms with Gasteiger partial charge in [-0.25, -0.2) is 13.4 Å². The average molecular weight is 553 g/mol. The van der Waals surface area contributed by atoms with Crippen molar-refractivity contribution >= 4 is 38.5 Å². The Morgan fingerprint density at radius 1 is 0.850 bits per heavy atom. The minimum atomic E-state index is -4.06. The second-order valence-electron chi connectivity index (χ2n) is 9.35. The van der Waals surface area contributed by atoms with E-state index >= 15 is 0 Å². The molecule has 9 nitrogen and oxygen atoms in total. The van der Waals surface area contributed by atoms with Crippen LogP contribution in [0, 0.1) is 5.41 Å². The van der Waals surface area contributed by atoms with Gasteiger partial charge in [0.25, 0.3) is 10.0 Å². The van der Waals surface area contributed by atoms with E-state index in [1.165, 1.54) is 12.1 Å². The second-order valence-corrected chi connectivity index (χ2v) is 11.2. The van der Waals surface area contributed by atoms with Crippen LogP contribution in [0.4, 0.5) is 5.69 Å². The van der Waals surface area contributed by atoms with E-state index in [9.17, 15) is 13.2 Å². The highest BCUT2D eigenvalue weighted by atomic mass is 32.2. The number of hydrogen-bond donors (Lipinski definition) is 3. The number of nitrogens with zero attached hydrogens (tertiary/aromatic N) is 3. The number of nitrogens with one attached hydrogen (secondary N) is 1. The maximum absolute atomic E-state index is 13.5. The topological polar surface area (TPSA) is 148 Å². The van der Waals surface area contributed by atoms with Crippen molar-refractivity contribution in [3.05, 3.63) is 126 Å². The van der Waals surface area contributed by atoms with E-state index in [-0.39, 0.29) is 16.4 Å². The average Bonchev–Trinajstić information content (AvgIpc) is 3.28. The molecule has 0 bridgehead atoms. The number of fused-ring (bicyclic) bond motifs is 1. The third-order valence-electron chi connectivity index (χ3n) is 6.54. The molecule has 0 aliphatic rings. The molecule has 1 heterocycles. The van der Waals surface area contributed by atoms with Crippen LogP contribution >= 0.6 is 0 Å². The Morgan fingerprint density at radius 2 is 1.50 bits per heavy atom. The van der Waals surface area contributed by atoms with E-state index < -0.39 is 22.5 Å². The van der Waals surface area contributed by atoms with E-state index in [1.54, 1.807) is 42.5 Å². The van der Waals surface area contributed by atoms with E-state index in [0.717, 1.165) is 26.8 Å². The van der Waals surface area contributed by atoms with E-state index in [2.05, 4.69) is 4.57 Å². The monoisotopic (exact) mass is 552 g/mol. The van der Waals surface area contributed by atoms with E-state index in [1.807, 2.05) is 48.5 Å². The third kappa shape index (κ3) is 5.57. The molecule has 0 aliphatic carbocycles. The normalized spacial score (nSPS) is 11.4. The fourth-order valence-electron chi connectivity index (χ4n) is 4.56. The molecule has 5 aromatic rings. The lowest BCUT2D eigenvalue weighted by molar-refractivity contribution is -0.116. The number of carbonyl (C=O) groups excluding carboxylic acids is 1. The zero-order chi connectivity index (χ0) is 28.3. The van der Waals surface area contributed by atoms with Gasteiger partial charge < -0.3 is 16.0 Å². The molecule has 1 amide bonds. The number of nitrogen functional groups attached to an aromatic ring is 1. The van der Waals surface area contributed by atoms with Gasteiger partial charge in [-0.2, -0.15) is 0 Å². The molecule has 0 spiro atoms. The number of anilines is 1. The summed E-state index contributed by atoms with van der Waals surface area (Å²) in [5.74, 6) is 0.00391. The molecule has 0 radical (unpaired) electrons. The van der Waals surface area contributed by atoms with Crippen LogP contribution in [0.2, 0.25) is 0 Å². The molecule has 0 fully saturated rings. The summed E-state index contributed by atoms with van der Waals surface area (Å²) in [6.07, 6.45) is 0.502. The summed E-state index contributed by atoms with van der Waals surface area (Å²) in [6, 6.07) is 30.5. The lowest BCUT2D eigenvalue weighted by atomic mass is 10.1. The molecule has 4 aromatic carbocycles. The standard InChI is InChI=1S/C30H28N6O3S/c31-28(37)20-36(40(38,39)25-9-5-2-6-10-25)24-15-16-27-26(18-24)34-29(35(27)19-22-7-3-1-4-8-22)17-21-11-13-23(14-12-21)30(32)33/h1-16,18H,17,19-20H2,(H2,31,37)(H3,32,33). The highest BCUT2D eigenvalue weighted by Crippen LogP contribution is 2.29. The van der Waals surface area contributed by atoms with Crippen LogP contribution in [0.15, 0.2) is 108 Å². The van der Waals surface area contributed by atoms with Crippen LogP contribution < -0.4 is 15.8 Å². The lowest BCUT2D eigenvalue weighted by Gasteiger charge is -2.23. The maximum Gasteiger partial charge on any atom is 0.264 e. The van der Waals surface area contributed by atoms with Gasteiger partial charge in [0.2, 0.25) is 5.91 Å². The Hall–Kier alpha value is -4.96. The molecule has 40 heavy (non-hydrogen) atoms. The van der Waals surface area contributed by atoms with Gasteiger partial charge in [0.05, 0.1) is 21.6 Å². The minimum Gasteiger partial charge on any atom is -0.384 e. The number of sulfonamides is 1. The first-order valence-corrected chi connectivity index (χ1v) is 14.0. The summed E-state index contributed by atoms with van der Waals surface area (Å²) in [5.41, 5.74) is 15.5. The van der Waals surface area contributed by atoms with Crippen LogP contribution in [-0.4, -0.2) is 36.3 Å². The van der Waals surface area contributed by atoms with Crippen molar-refractivity contribution in [2.24, 2.45) is 11.5 Å². The number of aromatic nitrogens is 2. The number of amides is 1. The lowest BCUT2D eigenvalue weighted by Crippen LogP contribution is -2.38. The molecule has 1 aromatic heterocycles. The Balaban J connectivity index is 1.60. The predicted molar refractivity (Wildman–Crippen MR) is 156 cm³/mol. The smallest absolute Gasteiger partial charge is 0.264 e. The van der Waals surface area contributed by atoms with Gasteiger partial charge in [-0.3, -0.25) is 14.5 Å². The zero-order valence-electron chi connectivity index (χ0n) is 21.6. The molecule has 0 saturated heterocycles. The molecule has 5 rings (SSSR count). The quantitative estimate of drug-likeness (QED) is 0.179. The number of benzene rings is 4. The van der Waals surface area contributed by atoms with Crippen molar-refractivity contribution in [2.75, 3.05) is 10.8 Å². The summed E-state index contributed by atoms with van der Waals surface area (Å²) < 4.78 is 30.1. The van der Waals surface area contributed by atoms with E-state index in [0.29, 0.717) is 24.0 Å². The largest absolute Gasteiger partial charge is 0.384 e. The van der Waals surface area contributed by atoms with Crippen molar-refractivity contribution < 1.29 is 13.2 Å². The Morgan fingerprint density at radius 3 is 2.12 bits per heavy atom. The summed E-state index contributed by atoms with van der Waals surface area (Å²) in [6.45, 7) is 0.0493. The van der Waals surface area contributed by atoms with E-state index in [4.69, 9.17) is 21.9 Å². The number of imidazole rings is 1. The molecule has 0 unspecified atom stereocenters. The number of nitrogens with two attached hydrogens (primary N) is 2. The number of rotatable bonds is 10. The van der Waals surface area contributed by atoms with Crippen molar-refractivity contribution in [2.45, 2.75) is 17.9 Å². The van der Waals surface area contributed by atoms with Gasteiger partial charge in [-0.15, -0.1) is 0 Å². The molecule has 0 aliphatic heterocycles. The first kappa shape index (κ1) is 26.6. The SMILES string of the molecule is N=C(N)c1ccc(Cc2nc3cc(N(CC(N)=O)S(=O)(=O)c4ccccc4)ccc3n2Cc2ccccc2)cc1. The van der Waals surface area contributed by atoms with Crippen molar-refractivity contribution in [1.29, 1.82) is 5.41 Å². The second kappa shape index (κ2) is 11.0. The minimum absolute atomic E-state index is 0.00126. The highest BCUT2D eigenvalue weighted by molar-refractivity contribution is 7.92. The first-order valence-electron chi connectivity index (χ1n) is 12.5. The zero-order valence-corrected chi connectivity index (χ0v) is 22.4. The van der Waals surface area contributed by atoms with Gasteiger partial charge in [-0.05, 0) is 41.5 Å². The molecule has 5 N–H and O–H groups in total. The van der Waals surface area contributed by atoms with Gasteiger partial charge in [0.1, 0.15) is 18.2 Å². The molecule has 0 saturated carbocycles. The Bertz CT molecular complexity index is 1780. The van der Waals surface area contributed by atoms with Gasteiger partial charge in [0, 0.05) is 18.5 Å². The summed E-state index contributed by atoms with van der Waals surface area (Å²) in [7, 11) is -4.06. The number of primary amides is 1. The van der Waals surface area contributed by atoms with Gasteiger partial charge in [-0.1, -0.05) is 72.8 Å². The number of carbonyl (C=O) groups is 1. The third-order valence-corrected chi connectivity index (χ3v) is 8.33. The Labute approximate surface area is 232 Å². The fourth-order valence-corrected chi connectivity index (χ4v) is 6.01. The predicted octanol–water partition coefficient (Wildman–Crippen LogP) is 3.64. The number of hydrogen-bond acceptors (Lipinski definition) is 5. The molecule has 0 atom stereocenters. The van der Waals surface area contributed by atoms with Crippen LogP contribution in [0.5, 0.6) is 0 Å². The summed E-state index contributed by atoms with van der Waals surface area (Å²) >= 11 is 0. The van der Waals surface area contributed by atoms with Gasteiger partial charge in [0.15, 0.2) is 0 Å². The van der Waals surface area contributed by atoms with Crippen LogP contribution in [0.1, 0.15) is 22.5 Å². The van der Waals surface area contributed by atoms with Crippen molar-refractivity contribution in [1.82, 2.24) is 9.55 Å². The summed E-state index contributed by atoms with van der Waals surface area (Å²) in [4.78, 5) is 16.9. The van der Waals surface area contributed by atoms with Crippen molar-refractivity contribution in [3.63, 3.8) is 0 Å². The van der Waals surface area contributed by atoms with Crippen LogP contribution in [-0.2, 0) is 27.8 Å². The van der Waals surface area contributed by atoms with Gasteiger partial charge >= 0.3 is 0 Å². The van der Waals surface area contributed by atoms with Crippen LogP contribution in [0.3, 0.4) is 0 Å². The van der Waals surface area contributed by atoms with Crippen molar-refractivity contribution in [3.8, 4) is 0 Å².